The zero-order chi connectivity index (χ0) is 8.72. The highest BCUT2D eigenvalue weighted by Gasteiger charge is 2.36. The normalized spacial score (nSPS) is 40.2. The minimum Gasteiger partial charge on any atom is -0.326 e. The number of hydrogen-bond donors (Lipinski definition) is 1. The Labute approximate surface area is 75.1 Å². The van der Waals surface area contributed by atoms with Crippen LogP contribution < -0.4 is 5.73 Å². The summed E-state index contributed by atoms with van der Waals surface area (Å²) in [5.74, 6) is 1.69. The lowest BCUT2D eigenvalue weighted by Gasteiger charge is -2.23. The third-order valence-electron chi connectivity index (χ3n) is 3.58. The molecule has 2 nitrogen and oxygen atoms in total. The van der Waals surface area contributed by atoms with Crippen molar-refractivity contribution in [3.05, 3.63) is 0 Å². The SMILES string of the molecule is CC1CN(C(C)C2CC2)CC1N. The summed E-state index contributed by atoms with van der Waals surface area (Å²) in [7, 11) is 0. The van der Waals surface area contributed by atoms with Gasteiger partial charge in [-0.1, -0.05) is 6.92 Å². The third kappa shape index (κ3) is 1.50. The predicted molar refractivity (Wildman–Crippen MR) is 50.9 cm³/mol. The zero-order valence-electron chi connectivity index (χ0n) is 8.16. The molecule has 1 aliphatic heterocycles. The summed E-state index contributed by atoms with van der Waals surface area (Å²) in [6.45, 7) is 6.98. The van der Waals surface area contributed by atoms with Gasteiger partial charge in [-0.15, -0.1) is 0 Å². The van der Waals surface area contributed by atoms with E-state index in [0.717, 1.165) is 18.5 Å². The van der Waals surface area contributed by atoms with Crippen molar-refractivity contribution in [2.75, 3.05) is 13.1 Å². The molecule has 2 heteroatoms. The van der Waals surface area contributed by atoms with Crippen LogP contribution in [0.2, 0.25) is 0 Å². The van der Waals surface area contributed by atoms with Gasteiger partial charge in [0.05, 0.1) is 0 Å². The molecule has 1 heterocycles. The second kappa shape index (κ2) is 3.00. The van der Waals surface area contributed by atoms with Crippen LogP contribution in [0.1, 0.15) is 26.7 Å². The van der Waals surface area contributed by atoms with Gasteiger partial charge in [-0.3, -0.25) is 4.90 Å². The van der Waals surface area contributed by atoms with Crippen LogP contribution in [0.4, 0.5) is 0 Å². The topological polar surface area (TPSA) is 29.3 Å². The smallest absolute Gasteiger partial charge is 0.0206 e. The molecule has 0 radical (unpaired) electrons. The Morgan fingerprint density at radius 3 is 2.42 bits per heavy atom. The lowest BCUT2D eigenvalue weighted by molar-refractivity contribution is 0.227. The third-order valence-corrected chi connectivity index (χ3v) is 3.58. The summed E-state index contributed by atoms with van der Waals surface area (Å²) in [6, 6.07) is 1.21. The molecule has 2 aliphatic rings. The Kier molecular flexibility index (Phi) is 2.13. The van der Waals surface area contributed by atoms with Crippen molar-refractivity contribution in [3.63, 3.8) is 0 Å². The van der Waals surface area contributed by atoms with Crippen molar-refractivity contribution in [1.29, 1.82) is 0 Å². The van der Waals surface area contributed by atoms with Crippen LogP contribution in [0.15, 0.2) is 0 Å². The van der Waals surface area contributed by atoms with E-state index >= 15 is 0 Å². The first kappa shape index (κ1) is 8.52. The van der Waals surface area contributed by atoms with E-state index in [0.29, 0.717) is 12.0 Å². The van der Waals surface area contributed by atoms with Crippen LogP contribution in [0, 0.1) is 11.8 Å². The standard InChI is InChI=1S/C10H20N2/c1-7-5-12(6-10(7)11)8(2)9-3-4-9/h7-10H,3-6,11H2,1-2H3. The molecule has 0 aromatic rings. The molecule has 2 N–H and O–H groups in total. The van der Waals surface area contributed by atoms with Gasteiger partial charge in [0.2, 0.25) is 0 Å². The molecule has 0 spiro atoms. The average Bonchev–Trinajstić information content (AvgIpc) is 2.80. The van der Waals surface area contributed by atoms with Crippen molar-refractivity contribution in [1.82, 2.24) is 4.90 Å². The largest absolute Gasteiger partial charge is 0.326 e. The molecule has 3 unspecified atom stereocenters. The highest BCUT2D eigenvalue weighted by molar-refractivity contribution is 4.92. The molecule has 0 amide bonds. The summed E-state index contributed by atoms with van der Waals surface area (Å²) in [6.07, 6.45) is 2.89. The number of rotatable bonds is 2. The maximum atomic E-state index is 5.99. The van der Waals surface area contributed by atoms with Gasteiger partial charge in [0.1, 0.15) is 0 Å². The molecule has 70 valence electrons. The van der Waals surface area contributed by atoms with E-state index in [1.165, 1.54) is 19.4 Å². The number of nitrogens with zero attached hydrogens (tertiary/aromatic N) is 1. The molecule has 1 saturated carbocycles. The van der Waals surface area contributed by atoms with Crippen LogP contribution in [-0.4, -0.2) is 30.1 Å². The first-order valence-corrected chi connectivity index (χ1v) is 5.18. The minimum absolute atomic E-state index is 0.422. The maximum absolute atomic E-state index is 5.99. The van der Waals surface area contributed by atoms with Gasteiger partial charge in [-0.05, 0) is 31.6 Å². The van der Waals surface area contributed by atoms with E-state index < -0.39 is 0 Å². The number of hydrogen-bond acceptors (Lipinski definition) is 2. The van der Waals surface area contributed by atoms with Crippen molar-refractivity contribution < 1.29 is 0 Å². The average molecular weight is 168 g/mol. The van der Waals surface area contributed by atoms with Crippen molar-refractivity contribution in [2.45, 2.75) is 38.8 Å². The van der Waals surface area contributed by atoms with Gasteiger partial charge in [0, 0.05) is 25.2 Å². The van der Waals surface area contributed by atoms with Crippen molar-refractivity contribution >= 4 is 0 Å². The molecule has 0 aromatic heterocycles. The molecule has 12 heavy (non-hydrogen) atoms. The maximum Gasteiger partial charge on any atom is 0.0206 e. The van der Waals surface area contributed by atoms with E-state index in [1.54, 1.807) is 0 Å². The Morgan fingerprint density at radius 1 is 1.33 bits per heavy atom. The minimum atomic E-state index is 0.422. The fourth-order valence-corrected chi connectivity index (χ4v) is 2.24. The molecular weight excluding hydrogens is 148 g/mol. The lowest BCUT2D eigenvalue weighted by atomic mass is 10.1. The van der Waals surface area contributed by atoms with Gasteiger partial charge >= 0.3 is 0 Å². The monoisotopic (exact) mass is 168 g/mol. The summed E-state index contributed by atoms with van der Waals surface area (Å²) < 4.78 is 0. The summed E-state index contributed by atoms with van der Waals surface area (Å²) in [5, 5.41) is 0. The van der Waals surface area contributed by atoms with Gasteiger partial charge < -0.3 is 5.73 Å². The fraction of sp³-hybridized carbons (Fsp3) is 1.00. The van der Waals surface area contributed by atoms with Crippen LogP contribution in [0.5, 0.6) is 0 Å². The molecular formula is C10H20N2. The van der Waals surface area contributed by atoms with E-state index in [9.17, 15) is 0 Å². The van der Waals surface area contributed by atoms with E-state index in [1.807, 2.05) is 0 Å². The zero-order valence-corrected chi connectivity index (χ0v) is 8.16. The fourth-order valence-electron chi connectivity index (χ4n) is 2.24. The first-order valence-electron chi connectivity index (χ1n) is 5.18. The number of nitrogens with two attached hydrogens (primary N) is 1. The predicted octanol–water partition coefficient (Wildman–Crippen LogP) is 1.06. The van der Waals surface area contributed by atoms with Gasteiger partial charge in [-0.2, -0.15) is 0 Å². The molecule has 1 aliphatic carbocycles. The Balaban J connectivity index is 1.88. The Morgan fingerprint density at radius 2 is 2.00 bits per heavy atom. The molecule has 2 rings (SSSR count). The van der Waals surface area contributed by atoms with E-state index in [-0.39, 0.29) is 0 Å². The number of likely N-dealkylation sites (tertiary alicyclic amines) is 1. The summed E-state index contributed by atoms with van der Waals surface area (Å²) in [4.78, 5) is 2.58. The van der Waals surface area contributed by atoms with Crippen LogP contribution >= 0.6 is 0 Å². The van der Waals surface area contributed by atoms with Crippen LogP contribution in [0.3, 0.4) is 0 Å². The highest BCUT2D eigenvalue weighted by Crippen LogP contribution is 2.36. The molecule has 3 atom stereocenters. The quantitative estimate of drug-likeness (QED) is 0.668. The van der Waals surface area contributed by atoms with E-state index in [2.05, 4.69) is 18.7 Å². The lowest BCUT2D eigenvalue weighted by Crippen LogP contribution is -2.34. The highest BCUT2D eigenvalue weighted by atomic mass is 15.2. The molecule has 1 saturated heterocycles. The Hall–Kier alpha value is -0.0800. The van der Waals surface area contributed by atoms with E-state index in [4.69, 9.17) is 5.73 Å². The first-order chi connectivity index (χ1) is 5.68. The molecule has 2 fully saturated rings. The Bertz CT molecular complexity index is 155. The second-order valence-electron chi connectivity index (χ2n) is 4.67. The molecule has 0 aromatic carbocycles. The van der Waals surface area contributed by atoms with Gasteiger partial charge in [0.25, 0.3) is 0 Å². The second-order valence-corrected chi connectivity index (χ2v) is 4.67. The molecule has 0 bridgehead atoms. The van der Waals surface area contributed by atoms with Gasteiger partial charge in [0.15, 0.2) is 0 Å². The van der Waals surface area contributed by atoms with Crippen molar-refractivity contribution in [3.8, 4) is 0 Å². The van der Waals surface area contributed by atoms with Crippen molar-refractivity contribution in [2.24, 2.45) is 17.6 Å². The van der Waals surface area contributed by atoms with Crippen LogP contribution in [0.25, 0.3) is 0 Å². The summed E-state index contributed by atoms with van der Waals surface area (Å²) >= 11 is 0. The van der Waals surface area contributed by atoms with Gasteiger partial charge in [-0.25, -0.2) is 0 Å². The summed E-state index contributed by atoms with van der Waals surface area (Å²) in [5.41, 5.74) is 5.99. The van der Waals surface area contributed by atoms with Crippen LogP contribution in [-0.2, 0) is 0 Å².